The maximum absolute atomic E-state index is 14.1. The zero-order valence-corrected chi connectivity index (χ0v) is 36.2. The molecule has 1 aliphatic heterocycles. The average molecular weight is 755 g/mol. The molecule has 0 aromatic heterocycles. The van der Waals surface area contributed by atoms with Crippen molar-refractivity contribution >= 4 is 59.2 Å². The van der Waals surface area contributed by atoms with E-state index in [4.69, 9.17) is 9.47 Å². The summed E-state index contributed by atoms with van der Waals surface area (Å²) in [6.45, 7) is 13.9. The van der Waals surface area contributed by atoms with Crippen molar-refractivity contribution in [3.8, 4) is 0 Å². The van der Waals surface area contributed by atoms with Gasteiger partial charge in [-0.15, -0.1) is 0 Å². The van der Waals surface area contributed by atoms with Crippen LogP contribution >= 0.6 is 0 Å². The number of hydrogen-bond acceptors (Lipinski definition) is 8. The number of hydrogen-bond donors (Lipinski definition) is 4. The Bertz CT molecular complexity index is 1320. The Balaban J connectivity index is 0.0000140. The summed E-state index contributed by atoms with van der Waals surface area (Å²) in [6, 6.07) is 5.84. The summed E-state index contributed by atoms with van der Waals surface area (Å²) in [5.74, 6) is -3.27. The fourth-order valence-corrected chi connectivity index (χ4v) is 7.40. The third-order valence-corrected chi connectivity index (χ3v) is 10.6. The van der Waals surface area contributed by atoms with Crippen molar-refractivity contribution in [2.45, 2.75) is 123 Å². The largest absolute Gasteiger partial charge is 0.480 e. The van der Waals surface area contributed by atoms with E-state index >= 15 is 0 Å². The molecule has 9 atom stereocenters. The molecule has 295 valence electrons. The molecule has 0 bridgehead atoms. The van der Waals surface area contributed by atoms with Crippen LogP contribution in [0, 0.1) is 23.7 Å². The van der Waals surface area contributed by atoms with Crippen molar-refractivity contribution in [2.75, 3.05) is 34.9 Å². The van der Waals surface area contributed by atoms with Crippen molar-refractivity contribution in [3.63, 3.8) is 0 Å². The predicted molar refractivity (Wildman–Crippen MR) is 206 cm³/mol. The van der Waals surface area contributed by atoms with Gasteiger partial charge in [0, 0.05) is 63.8 Å². The third kappa shape index (κ3) is 13.3. The fraction of sp³-hybridized carbons (Fsp3) is 0.718. The standard InChI is InChI=1S/C39H65N5O8.Na/c1-12-25(6)34(43(9)38(48)33(24(4)5)42-37(47)32(40-8)23(2)3)30(51-10)22-31(45)44-20-16-19-29(44)35(52-11)26(7)36(46)41-28(39(49)50)21-27-17-14-13-15-18-27;/h13-15,17-18,23-26,28-30,32-35,40H,12,16,19-22H2,1-11H3,(H,41,46)(H,42,47)(H,49,50);/t25-,26+,28-,29-,30+,32-,33-,34-,35+;/m0./s1. The number of likely N-dealkylation sites (N-methyl/N-ethyl adjacent to an activating group) is 2. The summed E-state index contributed by atoms with van der Waals surface area (Å²) in [7, 11) is 6.46. The summed E-state index contributed by atoms with van der Waals surface area (Å²) in [4.78, 5) is 70.3. The van der Waals surface area contributed by atoms with Gasteiger partial charge < -0.3 is 40.3 Å². The summed E-state index contributed by atoms with van der Waals surface area (Å²) in [5, 5.41) is 18.5. The zero-order chi connectivity index (χ0) is 39.3. The van der Waals surface area contributed by atoms with E-state index in [1.54, 1.807) is 30.8 Å². The SMILES string of the molecule is CC[C@H](C)[C@@H]([C@@H](CC(=O)N1CCC[C@H]1[C@H](OC)[C@@H](C)C(=O)N[C@@H](Cc1ccccc1)C(=O)O)OC)N(C)C(=O)[C@@H](NC(=O)[C@@H](NC)C(C)C)C(C)C.[Na]. The number of likely N-dealkylation sites (tertiary alicyclic amines) is 1. The number of amides is 4. The first-order valence-electron chi connectivity index (χ1n) is 18.7. The molecule has 4 N–H and O–H groups in total. The second-order valence-electron chi connectivity index (χ2n) is 14.9. The molecular weight excluding hydrogens is 689 g/mol. The Hall–Kier alpha value is -2.55. The molecule has 0 aliphatic carbocycles. The molecule has 14 heteroatoms. The van der Waals surface area contributed by atoms with Gasteiger partial charge in [-0.05, 0) is 43.2 Å². The van der Waals surface area contributed by atoms with Crippen LogP contribution in [0.1, 0.15) is 79.7 Å². The molecule has 1 heterocycles. The smallest absolute Gasteiger partial charge is 0.326 e. The topological polar surface area (TPSA) is 167 Å². The van der Waals surface area contributed by atoms with Crippen LogP contribution in [0.2, 0.25) is 0 Å². The Labute approximate surface area is 339 Å². The number of methoxy groups -OCH3 is 2. The molecule has 1 aromatic carbocycles. The van der Waals surface area contributed by atoms with Crippen LogP contribution in [0.25, 0.3) is 0 Å². The molecule has 1 radical (unpaired) electrons. The molecule has 1 aliphatic rings. The first kappa shape index (κ1) is 48.5. The first-order valence-corrected chi connectivity index (χ1v) is 18.7. The second kappa shape index (κ2) is 23.4. The van der Waals surface area contributed by atoms with E-state index in [1.165, 1.54) is 14.2 Å². The Kier molecular flexibility index (Phi) is 21.4. The van der Waals surface area contributed by atoms with Crippen molar-refractivity contribution in [1.82, 2.24) is 25.8 Å². The van der Waals surface area contributed by atoms with Gasteiger partial charge in [-0.3, -0.25) is 19.2 Å². The van der Waals surface area contributed by atoms with E-state index in [1.807, 2.05) is 71.9 Å². The van der Waals surface area contributed by atoms with Crippen LogP contribution in [0.3, 0.4) is 0 Å². The Morgan fingerprint density at radius 1 is 0.925 bits per heavy atom. The summed E-state index contributed by atoms with van der Waals surface area (Å²) >= 11 is 0. The van der Waals surface area contributed by atoms with Gasteiger partial charge in [-0.2, -0.15) is 0 Å². The monoisotopic (exact) mass is 754 g/mol. The van der Waals surface area contributed by atoms with E-state index in [0.29, 0.717) is 19.4 Å². The summed E-state index contributed by atoms with van der Waals surface area (Å²) in [5.41, 5.74) is 0.785. The number of ether oxygens (including phenoxy) is 2. The number of carboxylic acid groups (broad SMARTS) is 1. The minimum absolute atomic E-state index is 0. The summed E-state index contributed by atoms with van der Waals surface area (Å²) < 4.78 is 11.8. The molecular formula is C39H65N5NaO8. The Morgan fingerprint density at radius 3 is 2.02 bits per heavy atom. The number of nitrogens with one attached hydrogen (secondary N) is 3. The van der Waals surface area contributed by atoms with Gasteiger partial charge in [0.2, 0.25) is 23.6 Å². The van der Waals surface area contributed by atoms with Gasteiger partial charge in [0.25, 0.3) is 0 Å². The summed E-state index contributed by atoms with van der Waals surface area (Å²) in [6.07, 6.45) is 0.818. The maximum atomic E-state index is 14.1. The maximum Gasteiger partial charge on any atom is 0.326 e. The molecule has 53 heavy (non-hydrogen) atoms. The van der Waals surface area contributed by atoms with E-state index in [-0.39, 0.29) is 77.9 Å². The number of benzene rings is 1. The van der Waals surface area contributed by atoms with Crippen molar-refractivity contribution in [1.29, 1.82) is 0 Å². The van der Waals surface area contributed by atoms with Crippen LogP contribution in [0.15, 0.2) is 30.3 Å². The second-order valence-corrected chi connectivity index (χ2v) is 14.9. The molecule has 13 nitrogen and oxygen atoms in total. The van der Waals surface area contributed by atoms with E-state index in [0.717, 1.165) is 12.0 Å². The van der Waals surface area contributed by atoms with Crippen LogP contribution in [0.5, 0.6) is 0 Å². The van der Waals surface area contributed by atoms with Crippen molar-refractivity contribution in [2.24, 2.45) is 23.7 Å². The molecule has 4 amide bonds. The number of carboxylic acids is 1. The van der Waals surface area contributed by atoms with Gasteiger partial charge in [-0.1, -0.05) is 85.2 Å². The van der Waals surface area contributed by atoms with Gasteiger partial charge in [0.1, 0.15) is 12.1 Å². The zero-order valence-electron chi connectivity index (χ0n) is 34.2. The fourth-order valence-electron chi connectivity index (χ4n) is 7.40. The molecule has 2 rings (SSSR count). The normalized spacial score (nSPS) is 18.9. The molecule has 1 aromatic rings. The van der Waals surface area contributed by atoms with Crippen LogP contribution in [0.4, 0.5) is 0 Å². The van der Waals surface area contributed by atoms with Gasteiger partial charge in [0.05, 0.1) is 42.7 Å². The molecule has 0 saturated carbocycles. The van der Waals surface area contributed by atoms with E-state index in [2.05, 4.69) is 16.0 Å². The molecule has 0 spiro atoms. The molecule has 1 saturated heterocycles. The number of carbonyl (C=O) groups excluding carboxylic acids is 4. The molecule has 1 fully saturated rings. The quantitative estimate of drug-likeness (QED) is 0.138. The number of nitrogens with zero attached hydrogens (tertiary/aromatic N) is 2. The predicted octanol–water partition coefficient (Wildman–Crippen LogP) is 2.72. The van der Waals surface area contributed by atoms with Crippen LogP contribution in [-0.2, 0) is 39.9 Å². The van der Waals surface area contributed by atoms with E-state index < -0.39 is 60.2 Å². The minimum Gasteiger partial charge on any atom is -0.480 e. The Morgan fingerprint density at radius 2 is 1.53 bits per heavy atom. The molecule has 0 unspecified atom stereocenters. The van der Waals surface area contributed by atoms with Crippen molar-refractivity contribution in [3.05, 3.63) is 35.9 Å². The van der Waals surface area contributed by atoms with E-state index in [9.17, 15) is 29.1 Å². The van der Waals surface area contributed by atoms with Crippen LogP contribution < -0.4 is 16.0 Å². The number of aliphatic carboxylic acids is 1. The van der Waals surface area contributed by atoms with Crippen molar-refractivity contribution < 1.29 is 38.6 Å². The van der Waals surface area contributed by atoms with Gasteiger partial charge in [-0.25, -0.2) is 4.79 Å². The third-order valence-electron chi connectivity index (χ3n) is 10.6. The average Bonchev–Trinajstić information content (AvgIpc) is 3.59. The number of carbonyl (C=O) groups is 5. The van der Waals surface area contributed by atoms with Crippen LogP contribution in [-0.4, -0.2) is 151 Å². The number of rotatable bonds is 21. The van der Waals surface area contributed by atoms with Gasteiger partial charge >= 0.3 is 5.97 Å². The van der Waals surface area contributed by atoms with Gasteiger partial charge in [0.15, 0.2) is 0 Å². The minimum atomic E-state index is -1.14. The first-order chi connectivity index (χ1) is 24.5.